The molecule has 0 spiro atoms. The second kappa shape index (κ2) is 5.84. The number of hydrogen-bond donors (Lipinski definition) is 1. The van der Waals surface area contributed by atoms with E-state index in [-0.39, 0.29) is 12.5 Å². The quantitative estimate of drug-likeness (QED) is 0.895. The third-order valence-corrected chi connectivity index (χ3v) is 2.59. The van der Waals surface area contributed by atoms with Gasteiger partial charge in [0.25, 0.3) is 0 Å². The Labute approximate surface area is 116 Å². The van der Waals surface area contributed by atoms with Gasteiger partial charge in [0.2, 0.25) is 5.91 Å². The van der Waals surface area contributed by atoms with Crippen molar-refractivity contribution in [3.8, 4) is 6.07 Å². The molecule has 1 amide bonds. The second-order valence-corrected chi connectivity index (χ2v) is 4.38. The van der Waals surface area contributed by atoms with Crippen LogP contribution in [0.15, 0.2) is 30.7 Å². The molecule has 0 aliphatic rings. The monoisotopic (exact) mass is 270 g/mol. The Morgan fingerprint density at radius 3 is 2.85 bits per heavy atom. The predicted octanol–water partition coefficient (Wildman–Crippen LogP) is 0.982. The molecule has 0 fully saturated rings. The van der Waals surface area contributed by atoms with Gasteiger partial charge in [-0.25, -0.2) is 4.98 Å². The Bertz CT molecular complexity index is 638. The number of pyridine rings is 1. The van der Waals surface area contributed by atoms with Crippen molar-refractivity contribution in [3.63, 3.8) is 0 Å². The van der Waals surface area contributed by atoms with Gasteiger partial charge in [-0.2, -0.15) is 10.4 Å². The van der Waals surface area contributed by atoms with Crippen LogP contribution in [0.2, 0.25) is 0 Å². The van der Waals surface area contributed by atoms with Gasteiger partial charge in [-0.1, -0.05) is 0 Å². The molecule has 0 aliphatic heterocycles. The summed E-state index contributed by atoms with van der Waals surface area (Å²) in [5, 5.41) is 15.8. The highest BCUT2D eigenvalue weighted by atomic mass is 16.2. The van der Waals surface area contributed by atoms with Crippen LogP contribution >= 0.6 is 0 Å². The van der Waals surface area contributed by atoms with E-state index in [4.69, 9.17) is 5.26 Å². The largest absolute Gasteiger partial charge is 0.347 e. The predicted molar refractivity (Wildman–Crippen MR) is 73.2 cm³/mol. The van der Waals surface area contributed by atoms with E-state index in [2.05, 4.69) is 15.4 Å². The van der Waals surface area contributed by atoms with Crippen LogP contribution in [0.1, 0.15) is 5.56 Å². The van der Waals surface area contributed by atoms with Crippen molar-refractivity contribution in [2.45, 2.75) is 6.54 Å². The lowest BCUT2D eigenvalue weighted by molar-refractivity contribution is -0.129. The first-order chi connectivity index (χ1) is 9.58. The van der Waals surface area contributed by atoms with Gasteiger partial charge in [-0.3, -0.25) is 9.48 Å². The van der Waals surface area contributed by atoms with Crippen molar-refractivity contribution in [1.82, 2.24) is 19.7 Å². The summed E-state index contributed by atoms with van der Waals surface area (Å²) in [7, 11) is 3.40. The molecular weight excluding hydrogens is 256 g/mol. The van der Waals surface area contributed by atoms with E-state index in [0.717, 1.165) is 5.69 Å². The minimum Gasteiger partial charge on any atom is -0.347 e. The molecule has 7 nitrogen and oxygen atoms in total. The van der Waals surface area contributed by atoms with E-state index in [1.807, 2.05) is 6.07 Å². The first-order valence-corrected chi connectivity index (χ1v) is 5.94. The van der Waals surface area contributed by atoms with Gasteiger partial charge in [-0.05, 0) is 12.1 Å². The van der Waals surface area contributed by atoms with Crippen LogP contribution in [-0.4, -0.2) is 39.7 Å². The van der Waals surface area contributed by atoms with Crippen LogP contribution in [0, 0.1) is 11.3 Å². The van der Waals surface area contributed by atoms with E-state index in [9.17, 15) is 4.79 Å². The molecule has 0 bridgehead atoms. The molecule has 2 aromatic heterocycles. The van der Waals surface area contributed by atoms with Crippen LogP contribution in [0.3, 0.4) is 0 Å². The van der Waals surface area contributed by atoms with E-state index >= 15 is 0 Å². The first kappa shape index (κ1) is 13.5. The Kier molecular flexibility index (Phi) is 3.96. The van der Waals surface area contributed by atoms with Gasteiger partial charge in [0, 0.05) is 26.5 Å². The Balaban J connectivity index is 2.02. The Morgan fingerprint density at radius 1 is 1.45 bits per heavy atom. The summed E-state index contributed by atoms with van der Waals surface area (Å²) in [5.74, 6) is 0.582. The molecule has 20 heavy (non-hydrogen) atoms. The third kappa shape index (κ3) is 3.32. The summed E-state index contributed by atoms with van der Waals surface area (Å²) in [4.78, 5) is 17.2. The number of anilines is 2. The number of rotatable bonds is 4. The number of likely N-dealkylation sites (N-methyl/N-ethyl adjacent to an activating group) is 1. The van der Waals surface area contributed by atoms with Crippen LogP contribution < -0.4 is 5.32 Å². The lowest BCUT2D eigenvalue weighted by Gasteiger charge is -2.09. The maximum absolute atomic E-state index is 11.6. The summed E-state index contributed by atoms with van der Waals surface area (Å²) in [6, 6.07) is 5.39. The van der Waals surface area contributed by atoms with Crippen molar-refractivity contribution >= 4 is 17.4 Å². The molecule has 0 aliphatic carbocycles. The summed E-state index contributed by atoms with van der Waals surface area (Å²) in [6.07, 6.45) is 4.83. The van der Waals surface area contributed by atoms with Crippen LogP contribution in [-0.2, 0) is 11.3 Å². The highest BCUT2D eigenvalue weighted by Crippen LogP contribution is 2.13. The highest BCUT2D eigenvalue weighted by molar-refractivity contribution is 5.75. The minimum atomic E-state index is -0.0313. The average molecular weight is 270 g/mol. The molecule has 0 saturated carbocycles. The van der Waals surface area contributed by atoms with Crippen LogP contribution in [0.25, 0.3) is 0 Å². The molecule has 0 radical (unpaired) electrons. The molecule has 2 heterocycles. The number of carbonyl (C=O) groups excluding carboxylic acids is 1. The topological polar surface area (TPSA) is 86.8 Å². The van der Waals surface area contributed by atoms with E-state index < -0.39 is 0 Å². The van der Waals surface area contributed by atoms with Gasteiger partial charge < -0.3 is 10.2 Å². The van der Waals surface area contributed by atoms with Crippen molar-refractivity contribution in [2.24, 2.45) is 0 Å². The summed E-state index contributed by atoms with van der Waals surface area (Å²) in [5.41, 5.74) is 1.23. The number of hydrogen-bond acceptors (Lipinski definition) is 5. The minimum absolute atomic E-state index is 0.0313. The molecule has 2 aromatic rings. The molecular formula is C13H14N6O. The Hall–Kier alpha value is -2.88. The smallest absolute Gasteiger partial charge is 0.243 e. The van der Waals surface area contributed by atoms with Crippen molar-refractivity contribution < 1.29 is 4.79 Å². The fraction of sp³-hybridized carbons (Fsp3) is 0.231. The third-order valence-electron chi connectivity index (χ3n) is 2.59. The van der Waals surface area contributed by atoms with Gasteiger partial charge in [0.05, 0.1) is 17.4 Å². The highest BCUT2D eigenvalue weighted by Gasteiger charge is 2.07. The standard InChI is InChI=1S/C13H14N6O/c1-18(2)13(20)9-19-8-11(7-16-19)17-12-4-3-10(5-14)6-15-12/h3-4,6-8H,9H2,1-2H3,(H,15,17). The summed E-state index contributed by atoms with van der Waals surface area (Å²) in [6.45, 7) is 0.190. The fourth-order valence-electron chi connectivity index (χ4n) is 1.48. The van der Waals surface area contributed by atoms with Crippen LogP contribution in [0.4, 0.5) is 11.5 Å². The molecule has 0 saturated heterocycles. The van der Waals surface area contributed by atoms with Crippen molar-refractivity contribution in [2.75, 3.05) is 19.4 Å². The number of amides is 1. The van der Waals surface area contributed by atoms with Gasteiger partial charge in [-0.15, -0.1) is 0 Å². The zero-order valence-corrected chi connectivity index (χ0v) is 11.2. The molecule has 0 atom stereocenters. The van der Waals surface area contributed by atoms with E-state index in [1.165, 1.54) is 11.1 Å². The summed E-state index contributed by atoms with van der Waals surface area (Å²) >= 11 is 0. The number of aromatic nitrogens is 3. The molecule has 0 unspecified atom stereocenters. The second-order valence-electron chi connectivity index (χ2n) is 4.38. The first-order valence-electron chi connectivity index (χ1n) is 5.94. The maximum atomic E-state index is 11.6. The molecule has 2 rings (SSSR count). The molecule has 1 N–H and O–H groups in total. The zero-order valence-electron chi connectivity index (χ0n) is 11.2. The van der Waals surface area contributed by atoms with Gasteiger partial charge >= 0.3 is 0 Å². The SMILES string of the molecule is CN(C)C(=O)Cn1cc(Nc2ccc(C#N)cn2)cn1. The number of nitrogens with zero attached hydrogens (tertiary/aromatic N) is 5. The normalized spacial score (nSPS) is 9.85. The van der Waals surface area contributed by atoms with Crippen molar-refractivity contribution in [3.05, 3.63) is 36.3 Å². The molecule has 7 heteroatoms. The fourth-order valence-corrected chi connectivity index (χ4v) is 1.48. The van der Waals surface area contributed by atoms with Crippen molar-refractivity contribution in [1.29, 1.82) is 5.26 Å². The average Bonchev–Trinajstić information content (AvgIpc) is 2.86. The van der Waals surface area contributed by atoms with Crippen LogP contribution in [0.5, 0.6) is 0 Å². The number of nitriles is 1. The van der Waals surface area contributed by atoms with Gasteiger partial charge in [0.1, 0.15) is 18.4 Å². The lowest BCUT2D eigenvalue weighted by Crippen LogP contribution is -2.26. The van der Waals surface area contributed by atoms with Gasteiger partial charge in [0.15, 0.2) is 0 Å². The number of nitrogens with one attached hydrogen (secondary N) is 1. The zero-order chi connectivity index (χ0) is 14.5. The number of carbonyl (C=O) groups is 1. The Morgan fingerprint density at radius 2 is 2.25 bits per heavy atom. The molecule has 0 aromatic carbocycles. The molecule has 102 valence electrons. The van der Waals surface area contributed by atoms with E-state index in [1.54, 1.807) is 43.3 Å². The summed E-state index contributed by atoms with van der Waals surface area (Å²) < 4.78 is 1.55. The maximum Gasteiger partial charge on any atom is 0.243 e. The van der Waals surface area contributed by atoms with E-state index in [0.29, 0.717) is 11.4 Å². The lowest BCUT2D eigenvalue weighted by atomic mass is 10.3.